The van der Waals surface area contributed by atoms with Gasteiger partial charge in [-0.3, -0.25) is 4.79 Å². The second-order valence-corrected chi connectivity index (χ2v) is 6.90. The molecule has 0 unspecified atom stereocenters. The molecule has 0 spiro atoms. The highest BCUT2D eigenvalue weighted by molar-refractivity contribution is 5.76. The lowest BCUT2D eigenvalue weighted by molar-refractivity contribution is -0.130. The van der Waals surface area contributed by atoms with Crippen LogP contribution in [-0.2, 0) is 11.3 Å². The summed E-state index contributed by atoms with van der Waals surface area (Å²) in [7, 11) is 3.41. The number of aryl methyl sites for hydroxylation is 1. The molecular formula is C23H27N3O3. The molecule has 0 saturated carbocycles. The van der Waals surface area contributed by atoms with Crippen LogP contribution in [0.5, 0.6) is 11.5 Å². The largest absolute Gasteiger partial charge is 0.493 e. The number of hydrogen-bond acceptors (Lipinski definition) is 4. The maximum absolute atomic E-state index is 12.6. The molecule has 3 rings (SSSR count). The fourth-order valence-corrected chi connectivity index (χ4v) is 3.23. The number of ether oxygens (including phenoxy) is 2. The molecule has 0 fully saturated rings. The van der Waals surface area contributed by atoms with Crippen molar-refractivity contribution in [2.75, 3.05) is 20.8 Å². The summed E-state index contributed by atoms with van der Waals surface area (Å²) in [5.41, 5.74) is 4.05. The molecule has 1 amide bonds. The SMILES string of the molecule is COc1ccccc1OCCC(=O)N(C)Cc1c(C)nn(-c2ccccc2)c1C. The lowest BCUT2D eigenvalue weighted by Crippen LogP contribution is -2.28. The van der Waals surface area contributed by atoms with Gasteiger partial charge in [-0.25, -0.2) is 4.68 Å². The van der Waals surface area contributed by atoms with Gasteiger partial charge in [0.05, 0.1) is 31.5 Å². The Bertz CT molecular complexity index is 967. The molecule has 0 bridgehead atoms. The van der Waals surface area contributed by atoms with Crippen molar-refractivity contribution in [2.45, 2.75) is 26.8 Å². The molecule has 0 atom stereocenters. The summed E-state index contributed by atoms with van der Waals surface area (Å²) in [5.74, 6) is 1.32. The topological polar surface area (TPSA) is 56.6 Å². The molecule has 0 radical (unpaired) electrons. The second kappa shape index (κ2) is 9.28. The van der Waals surface area contributed by atoms with Crippen molar-refractivity contribution in [3.63, 3.8) is 0 Å². The van der Waals surface area contributed by atoms with E-state index in [-0.39, 0.29) is 5.91 Å². The number of benzene rings is 2. The van der Waals surface area contributed by atoms with Gasteiger partial charge in [-0.1, -0.05) is 30.3 Å². The zero-order chi connectivity index (χ0) is 20.8. The van der Waals surface area contributed by atoms with E-state index >= 15 is 0 Å². The predicted octanol–water partition coefficient (Wildman–Crippen LogP) is 3.93. The molecule has 3 aromatic rings. The third kappa shape index (κ3) is 4.77. The predicted molar refractivity (Wildman–Crippen MR) is 113 cm³/mol. The van der Waals surface area contributed by atoms with E-state index < -0.39 is 0 Å². The van der Waals surface area contributed by atoms with Crippen LogP contribution in [0, 0.1) is 13.8 Å². The fourth-order valence-electron chi connectivity index (χ4n) is 3.23. The van der Waals surface area contributed by atoms with Crippen molar-refractivity contribution >= 4 is 5.91 Å². The highest BCUT2D eigenvalue weighted by atomic mass is 16.5. The first-order valence-electron chi connectivity index (χ1n) is 9.61. The first kappa shape index (κ1) is 20.5. The van der Waals surface area contributed by atoms with Crippen LogP contribution in [0.1, 0.15) is 23.4 Å². The number of aromatic nitrogens is 2. The first-order valence-corrected chi connectivity index (χ1v) is 9.61. The number of carbonyl (C=O) groups excluding carboxylic acids is 1. The summed E-state index contributed by atoms with van der Waals surface area (Å²) in [5, 5.41) is 4.65. The van der Waals surface area contributed by atoms with Gasteiger partial charge in [0, 0.05) is 24.8 Å². The van der Waals surface area contributed by atoms with Crippen LogP contribution < -0.4 is 9.47 Å². The maximum atomic E-state index is 12.6. The molecule has 152 valence electrons. The Balaban J connectivity index is 1.61. The van der Waals surface area contributed by atoms with Crippen LogP contribution in [0.15, 0.2) is 54.6 Å². The van der Waals surface area contributed by atoms with Gasteiger partial charge < -0.3 is 14.4 Å². The van der Waals surface area contributed by atoms with Crippen LogP contribution in [-0.4, -0.2) is 41.4 Å². The van der Waals surface area contributed by atoms with E-state index in [1.165, 1.54) is 0 Å². The number of para-hydroxylation sites is 3. The van der Waals surface area contributed by atoms with Crippen molar-refractivity contribution in [1.82, 2.24) is 14.7 Å². The van der Waals surface area contributed by atoms with Gasteiger partial charge in [0.2, 0.25) is 5.91 Å². The maximum Gasteiger partial charge on any atom is 0.226 e. The smallest absolute Gasteiger partial charge is 0.226 e. The van der Waals surface area contributed by atoms with Crippen molar-refractivity contribution in [3.8, 4) is 17.2 Å². The number of hydrogen-bond donors (Lipinski definition) is 0. The van der Waals surface area contributed by atoms with Gasteiger partial charge >= 0.3 is 0 Å². The molecule has 0 saturated heterocycles. The van der Waals surface area contributed by atoms with Gasteiger partial charge in [0.15, 0.2) is 11.5 Å². The summed E-state index contributed by atoms with van der Waals surface area (Å²) in [4.78, 5) is 14.3. The fraction of sp³-hybridized carbons (Fsp3) is 0.304. The van der Waals surface area contributed by atoms with Crippen LogP contribution in [0.3, 0.4) is 0 Å². The Morgan fingerprint density at radius 3 is 2.38 bits per heavy atom. The van der Waals surface area contributed by atoms with Gasteiger partial charge in [-0.05, 0) is 38.1 Å². The number of carbonyl (C=O) groups is 1. The molecule has 0 aliphatic heterocycles. The number of amides is 1. The van der Waals surface area contributed by atoms with Crippen LogP contribution in [0.4, 0.5) is 0 Å². The zero-order valence-electron chi connectivity index (χ0n) is 17.4. The van der Waals surface area contributed by atoms with E-state index in [9.17, 15) is 4.79 Å². The Morgan fingerprint density at radius 2 is 1.69 bits per heavy atom. The zero-order valence-corrected chi connectivity index (χ0v) is 17.4. The molecule has 6 heteroatoms. The van der Waals surface area contributed by atoms with Crippen molar-refractivity contribution in [3.05, 3.63) is 71.5 Å². The van der Waals surface area contributed by atoms with Crippen LogP contribution >= 0.6 is 0 Å². The molecule has 29 heavy (non-hydrogen) atoms. The average Bonchev–Trinajstić information content (AvgIpc) is 3.02. The Morgan fingerprint density at radius 1 is 1.03 bits per heavy atom. The van der Waals surface area contributed by atoms with Crippen molar-refractivity contribution in [2.24, 2.45) is 0 Å². The molecule has 2 aromatic carbocycles. The van der Waals surface area contributed by atoms with E-state index in [4.69, 9.17) is 9.47 Å². The summed E-state index contributed by atoms with van der Waals surface area (Å²) < 4.78 is 12.9. The number of rotatable bonds is 8. The molecular weight excluding hydrogens is 366 g/mol. The molecule has 0 aliphatic carbocycles. The second-order valence-electron chi connectivity index (χ2n) is 6.90. The van der Waals surface area contributed by atoms with E-state index in [1.807, 2.05) is 80.2 Å². The lowest BCUT2D eigenvalue weighted by atomic mass is 10.2. The normalized spacial score (nSPS) is 10.6. The van der Waals surface area contributed by atoms with Crippen molar-refractivity contribution in [1.29, 1.82) is 0 Å². The molecule has 1 heterocycles. The summed E-state index contributed by atoms with van der Waals surface area (Å²) in [6.07, 6.45) is 0.291. The monoisotopic (exact) mass is 393 g/mol. The van der Waals surface area contributed by atoms with E-state index in [0.29, 0.717) is 31.1 Å². The van der Waals surface area contributed by atoms with Gasteiger partial charge in [-0.2, -0.15) is 5.10 Å². The lowest BCUT2D eigenvalue weighted by Gasteiger charge is -2.18. The first-order chi connectivity index (χ1) is 14.0. The van der Waals surface area contributed by atoms with Crippen LogP contribution in [0.2, 0.25) is 0 Å². The molecule has 6 nitrogen and oxygen atoms in total. The standard InChI is InChI=1S/C23H27N3O3/c1-17-20(18(2)26(24-17)19-10-6-5-7-11-19)16-25(3)23(27)14-15-29-22-13-9-8-12-21(22)28-4/h5-13H,14-16H2,1-4H3. The minimum Gasteiger partial charge on any atom is -0.493 e. The summed E-state index contributed by atoms with van der Waals surface area (Å²) in [6.45, 7) is 4.82. The van der Waals surface area contributed by atoms with Gasteiger partial charge in [0.25, 0.3) is 0 Å². The minimum absolute atomic E-state index is 0.0196. The summed E-state index contributed by atoms with van der Waals surface area (Å²) in [6, 6.07) is 17.4. The van der Waals surface area contributed by atoms with E-state index in [2.05, 4.69) is 5.10 Å². The van der Waals surface area contributed by atoms with Crippen molar-refractivity contribution < 1.29 is 14.3 Å². The molecule has 0 aliphatic rings. The molecule has 1 aromatic heterocycles. The highest BCUT2D eigenvalue weighted by Gasteiger charge is 2.17. The van der Waals surface area contributed by atoms with Gasteiger partial charge in [0.1, 0.15) is 0 Å². The number of methoxy groups -OCH3 is 1. The Labute approximate surface area is 171 Å². The average molecular weight is 393 g/mol. The Kier molecular flexibility index (Phi) is 6.54. The third-order valence-corrected chi connectivity index (χ3v) is 4.91. The van der Waals surface area contributed by atoms with Crippen LogP contribution in [0.25, 0.3) is 5.69 Å². The number of nitrogens with zero attached hydrogens (tertiary/aromatic N) is 3. The quantitative estimate of drug-likeness (QED) is 0.582. The van der Waals surface area contributed by atoms with E-state index in [1.54, 1.807) is 12.0 Å². The van der Waals surface area contributed by atoms with E-state index in [0.717, 1.165) is 22.6 Å². The minimum atomic E-state index is 0.0196. The third-order valence-electron chi connectivity index (χ3n) is 4.91. The highest BCUT2D eigenvalue weighted by Crippen LogP contribution is 2.26. The summed E-state index contributed by atoms with van der Waals surface area (Å²) >= 11 is 0. The molecule has 0 N–H and O–H groups in total. The Hall–Kier alpha value is -3.28. The van der Waals surface area contributed by atoms with Gasteiger partial charge in [-0.15, -0.1) is 0 Å².